The molecule has 0 fully saturated rings. The summed E-state index contributed by atoms with van der Waals surface area (Å²) in [5.74, 6) is -0.268. The molecular weight excluding hydrogens is 402 g/mol. The molecule has 2 heterocycles. The van der Waals surface area contributed by atoms with Crippen molar-refractivity contribution in [1.29, 1.82) is 0 Å². The molecule has 0 saturated carbocycles. The molecule has 7 heteroatoms. The third-order valence-corrected chi connectivity index (χ3v) is 5.52. The number of rotatable bonds is 5. The van der Waals surface area contributed by atoms with Gasteiger partial charge in [0.15, 0.2) is 24.8 Å². The zero-order valence-corrected chi connectivity index (χ0v) is 16.9. The minimum Gasteiger partial charge on any atom is -0.324 e. The second-order valence-electron chi connectivity index (χ2n) is 6.92. The average Bonchev–Trinajstić information content (AvgIpc) is 2.74. The van der Waals surface area contributed by atoms with Crippen LogP contribution in [0.2, 0.25) is 0 Å². The molecule has 150 valence electrons. The Kier molecular flexibility index (Phi) is 5.55. The molecule has 5 nitrogen and oxygen atoms in total. The summed E-state index contributed by atoms with van der Waals surface area (Å²) in [5.41, 5.74) is 4.21. The van der Waals surface area contributed by atoms with Crippen LogP contribution in [0.15, 0.2) is 97.6 Å². The summed E-state index contributed by atoms with van der Waals surface area (Å²) in [6.07, 6.45) is 7.27. The number of aromatic nitrogens is 2. The van der Waals surface area contributed by atoms with Crippen molar-refractivity contribution >= 4 is 7.60 Å². The molecule has 0 radical (unpaired) electrons. The first-order valence-corrected chi connectivity index (χ1v) is 11.1. The maximum absolute atomic E-state index is 13.1. The van der Waals surface area contributed by atoms with E-state index in [-0.39, 0.29) is 12.0 Å². The summed E-state index contributed by atoms with van der Waals surface area (Å²) in [5, 5.41) is 0. The predicted molar refractivity (Wildman–Crippen MR) is 111 cm³/mol. The Bertz CT molecular complexity index is 1200. The summed E-state index contributed by atoms with van der Waals surface area (Å²) in [7, 11) is -4.16. The lowest BCUT2D eigenvalue weighted by Gasteiger charge is -2.07. The van der Waals surface area contributed by atoms with Crippen LogP contribution in [0.3, 0.4) is 0 Å². The Balaban J connectivity index is 1.59. The van der Waals surface area contributed by atoms with Crippen molar-refractivity contribution in [3.05, 3.63) is 109 Å². The number of nitrogens with zero attached hydrogens (tertiary/aromatic N) is 2. The molecule has 0 aliphatic heterocycles. The minimum atomic E-state index is -4.16. The Hall–Kier alpha value is -3.18. The van der Waals surface area contributed by atoms with E-state index in [2.05, 4.69) is 0 Å². The van der Waals surface area contributed by atoms with Crippen LogP contribution in [-0.4, -0.2) is 9.79 Å². The van der Waals surface area contributed by atoms with Gasteiger partial charge in [0.2, 0.25) is 11.4 Å². The Morgan fingerprint density at radius 2 is 1.27 bits per heavy atom. The molecule has 0 atom stereocenters. The van der Waals surface area contributed by atoms with Crippen LogP contribution in [0, 0.1) is 5.82 Å². The molecule has 0 aliphatic carbocycles. The number of pyridine rings is 2. The first-order valence-electron chi connectivity index (χ1n) is 9.31. The Morgan fingerprint density at radius 1 is 0.733 bits per heavy atom. The average molecular weight is 422 g/mol. The summed E-state index contributed by atoms with van der Waals surface area (Å²) >= 11 is 0. The quantitative estimate of drug-likeness (QED) is 0.381. The molecule has 4 rings (SSSR count). The predicted octanol–water partition coefficient (Wildman–Crippen LogP) is 3.72. The van der Waals surface area contributed by atoms with Crippen molar-refractivity contribution in [3.63, 3.8) is 0 Å². The van der Waals surface area contributed by atoms with Crippen molar-refractivity contribution in [2.75, 3.05) is 0 Å². The fourth-order valence-corrected chi connectivity index (χ4v) is 4.01. The number of benzene rings is 2. The van der Waals surface area contributed by atoms with E-state index < -0.39 is 7.60 Å². The molecule has 0 unspecified atom stereocenters. The van der Waals surface area contributed by atoms with E-state index in [0.29, 0.717) is 5.56 Å². The summed E-state index contributed by atoms with van der Waals surface area (Å²) in [4.78, 5) is 18.7. The highest BCUT2D eigenvalue weighted by molar-refractivity contribution is 7.50. The van der Waals surface area contributed by atoms with Crippen molar-refractivity contribution in [2.24, 2.45) is 0 Å². The Morgan fingerprint density at radius 3 is 1.83 bits per heavy atom. The number of hydrogen-bond donors (Lipinski definition) is 2. The van der Waals surface area contributed by atoms with Crippen LogP contribution in [-0.2, 0) is 10.7 Å². The van der Waals surface area contributed by atoms with Crippen LogP contribution < -0.4 is 9.13 Å². The van der Waals surface area contributed by atoms with Gasteiger partial charge in [-0.25, -0.2) is 4.39 Å². The SMILES string of the molecule is O=P(O)(O)Cc1ccccc1-[n+]1ccc(-c2cc[n+](-c3ccc(F)cc3)cc2)cc1. The largest absolute Gasteiger partial charge is 0.330 e. The molecule has 0 saturated heterocycles. The molecule has 0 bridgehead atoms. The van der Waals surface area contributed by atoms with Gasteiger partial charge < -0.3 is 9.79 Å². The van der Waals surface area contributed by atoms with E-state index in [1.807, 2.05) is 70.3 Å². The lowest BCUT2D eigenvalue weighted by Crippen LogP contribution is -2.31. The third-order valence-electron chi connectivity index (χ3n) is 4.76. The molecular formula is C23H20FN2O3P+2. The fraction of sp³-hybridized carbons (Fsp3) is 0.0435. The fourth-order valence-electron chi connectivity index (χ4n) is 3.30. The maximum atomic E-state index is 13.1. The van der Waals surface area contributed by atoms with E-state index in [4.69, 9.17) is 0 Å². The van der Waals surface area contributed by atoms with Gasteiger partial charge >= 0.3 is 7.60 Å². The van der Waals surface area contributed by atoms with E-state index in [9.17, 15) is 18.7 Å². The van der Waals surface area contributed by atoms with Gasteiger partial charge in [-0.1, -0.05) is 18.2 Å². The van der Waals surface area contributed by atoms with Gasteiger partial charge in [-0.15, -0.1) is 0 Å². The van der Waals surface area contributed by atoms with Crippen LogP contribution in [0.1, 0.15) is 5.56 Å². The molecule has 0 aliphatic rings. The van der Waals surface area contributed by atoms with Crippen molar-refractivity contribution < 1.29 is 27.9 Å². The molecule has 2 aromatic heterocycles. The smallest absolute Gasteiger partial charge is 0.324 e. The van der Waals surface area contributed by atoms with E-state index >= 15 is 0 Å². The second kappa shape index (κ2) is 8.28. The van der Waals surface area contributed by atoms with Crippen molar-refractivity contribution in [2.45, 2.75) is 6.16 Å². The van der Waals surface area contributed by atoms with Gasteiger partial charge in [0.25, 0.3) is 0 Å². The molecule has 2 N–H and O–H groups in total. The van der Waals surface area contributed by atoms with E-state index in [1.54, 1.807) is 24.3 Å². The summed E-state index contributed by atoms with van der Waals surface area (Å²) in [6, 6.07) is 21.3. The van der Waals surface area contributed by atoms with Crippen LogP contribution in [0.5, 0.6) is 0 Å². The zero-order chi connectivity index (χ0) is 21.1. The third kappa shape index (κ3) is 4.69. The number of para-hydroxylation sites is 1. The molecule has 30 heavy (non-hydrogen) atoms. The summed E-state index contributed by atoms with van der Waals surface area (Å²) in [6.45, 7) is 0. The van der Waals surface area contributed by atoms with Crippen molar-refractivity contribution in [1.82, 2.24) is 0 Å². The lowest BCUT2D eigenvalue weighted by molar-refractivity contribution is -0.596. The normalized spacial score (nSPS) is 11.4. The molecule has 0 spiro atoms. The van der Waals surface area contributed by atoms with Crippen LogP contribution in [0.25, 0.3) is 22.5 Å². The standard InChI is InChI=1S/C23H18FN2O3P/c24-21-5-7-22(8-6-21)25-13-9-18(10-14-25)19-11-15-26(16-12-19)23-4-2-1-3-20(23)17-30(27,28)29/h1-16H,17H2/p+2. The van der Waals surface area contributed by atoms with Gasteiger partial charge in [0.1, 0.15) is 5.82 Å². The van der Waals surface area contributed by atoms with Gasteiger partial charge in [-0.05, 0) is 23.3 Å². The number of halogens is 1. The molecule has 0 amide bonds. The summed E-state index contributed by atoms with van der Waals surface area (Å²) < 4.78 is 28.3. The molecule has 2 aromatic carbocycles. The highest BCUT2D eigenvalue weighted by Gasteiger charge is 2.20. The first kappa shape index (κ1) is 20.1. The zero-order valence-electron chi connectivity index (χ0n) is 16.0. The number of hydrogen-bond acceptors (Lipinski definition) is 1. The molecule has 4 aromatic rings. The lowest BCUT2D eigenvalue weighted by atomic mass is 10.1. The monoisotopic (exact) mass is 422 g/mol. The van der Waals surface area contributed by atoms with Crippen LogP contribution >= 0.6 is 7.60 Å². The van der Waals surface area contributed by atoms with Gasteiger partial charge in [-0.2, -0.15) is 9.13 Å². The van der Waals surface area contributed by atoms with Gasteiger partial charge in [0, 0.05) is 48.0 Å². The van der Waals surface area contributed by atoms with Crippen LogP contribution in [0.4, 0.5) is 4.39 Å². The highest BCUT2D eigenvalue weighted by atomic mass is 31.2. The Labute approximate surface area is 173 Å². The van der Waals surface area contributed by atoms with Crippen molar-refractivity contribution in [3.8, 4) is 22.5 Å². The van der Waals surface area contributed by atoms with E-state index in [0.717, 1.165) is 22.5 Å². The first-order chi connectivity index (χ1) is 14.4. The van der Waals surface area contributed by atoms with Gasteiger partial charge in [0.05, 0.1) is 6.16 Å². The van der Waals surface area contributed by atoms with E-state index in [1.165, 1.54) is 12.1 Å². The second-order valence-corrected chi connectivity index (χ2v) is 8.56. The minimum absolute atomic E-state index is 0.268. The van der Waals surface area contributed by atoms with Gasteiger partial charge in [-0.3, -0.25) is 4.57 Å². The topological polar surface area (TPSA) is 65.3 Å². The maximum Gasteiger partial charge on any atom is 0.330 e. The highest BCUT2D eigenvalue weighted by Crippen LogP contribution is 2.39.